The van der Waals surface area contributed by atoms with Gasteiger partial charge in [-0.25, -0.2) is 0 Å². The number of rotatable bonds is 25. The van der Waals surface area contributed by atoms with Crippen LogP contribution in [0.3, 0.4) is 0 Å². The van der Waals surface area contributed by atoms with Gasteiger partial charge < -0.3 is 50.5 Å². The Bertz CT molecular complexity index is 780. The molecule has 0 bridgehead atoms. The van der Waals surface area contributed by atoms with E-state index in [0.717, 1.165) is 32.1 Å². The molecule has 1 aliphatic rings. The lowest BCUT2D eigenvalue weighted by Crippen LogP contribution is -2.60. The Morgan fingerprint density at radius 3 is 2.07 bits per heavy atom. The summed E-state index contributed by atoms with van der Waals surface area (Å²) in [6.07, 6.45) is 10.1. The molecule has 1 rings (SSSR count). The standard InChI is InChI=1S/C33H61NO10/c1-3-5-7-9-11-13-15-17-19-21-26(37)32(42)34-24(23-43-33-31(41)30(40)29(39)27(22-35)44-33)28(38)25(36)20-18-16-14-12-10-8-6-4-2/h4,6,12,14,24-31,33,35-41H,3,5,7-11,13,15-23H2,1-2H3,(H,34,42)/b6-4+,14-12+. The Balaban J connectivity index is 2.69. The van der Waals surface area contributed by atoms with Crippen LogP contribution in [0.25, 0.3) is 0 Å². The van der Waals surface area contributed by atoms with Crippen molar-refractivity contribution in [3.05, 3.63) is 24.3 Å². The molecule has 11 heteroatoms. The molecule has 0 aromatic heterocycles. The molecule has 1 heterocycles. The summed E-state index contributed by atoms with van der Waals surface area (Å²) in [6, 6.07) is -1.18. The van der Waals surface area contributed by atoms with Crippen molar-refractivity contribution >= 4 is 5.91 Å². The molecule has 0 radical (unpaired) electrons. The number of aliphatic hydroxyl groups is 7. The van der Waals surface area contributed by atoms with Crippen LogP contribution in [0.2, 0.25) is 0 Å². The summed E-state index contributed by atoms with van der Waals surface area (Å²) < 4.78 is 10.9. The zero-order chi connectivity index (χ0) is 32.7. The van der Waals surface area contributed by atoms with Crippen LogP contribution < -0.4 is 5.32 Å². The average molecular weight is 632 g/mol. The van der Waals surface area contributed by atoms with E-state index in [4.69, 9.17) is 9.47 Å². The van der Waals surface area contributed by atoms with Crippen molar-refractivity contribution in [3.63, 3.8) is 0 Å². The first kappa shape index (κ1) is 40.6. The van der Waals surface area contributed by atoms with E-state index in [1.165, 1.54) is 32.1 Å². The zero-order valence-electron chi connectivity index (χ0n) is 26.9. The van der Waals surface area contributed by atoms with Crippen molar-refractivity contribution in [1.29, 1.82) is 0 Å². The van der Waals surface area contributed by atoms with Gasteiger partial charge in [0, 0.05) is 0 Å². The summed E-state index contributed by atoms with van der Waals surface area (Å²) in [4.78, 5) is 12.9. The second kappa shape index (κ2) is 24.8. The molecule has 44 heavy (non-hydrogen) atoms. The molecule has 0 aromatic carbocycles. The molecule has 9 atom stereocenters. The molecular weight excluding hydrogens is 570 g/mol. The van der Waals surface area contributed by atoms with E-state index >= 15 is 0 Å². The molecule has 9 unspecified atom stereocenters. The third kappa shape index (κ3) is 16.2. The number of carbonyl (C=O) groups is 1. The monoisotopic (exact) mass is 631 g/mol. The van der Waals surface area contributed by atoms with Crippen LogP contribution in [-0.2, 0) is 14.3 Å². The predicted molar refractivity (Wildman–Crippen MR) is 169 cm³/mol. The Hall–Kier alpha value is -1.41. The minimum absolute atomic E-state index is 0.244. The highest BCUT2D eigenvalue weighted by atomic mass is 16.7. The third-order valence-corrected chi connectivity index (χ3v) is 8.08. The molecule has 0 aromatic rings. The lowest BCUT2D eigenvalue weighted by Gasteiger charge is -2.40. The molecule has 1 aliphatic heterocycles. The number of carbonyl (C=O) groups excluding carboxylic acids is 1. The number of nitrogens with one attached hydrogen (secondary N) is 1. The van der Waals surface area contributed by atoms with Crippen LogP contribution in [0.15, 0.2) is 24.3 Å². The predicted octanol–water partition coefficient (Wildman–Crippen LogP) is 2.37. The van der Waals surface area contributed by atoms with Gasteiger partial charge in [0.25, 0.3) is 0 Å². The SMILES string of the molecule is C/C=C/CC/C=C/CCCC(O)C(O)C(COC1OC(CO)C(O)C(O)C1O)NC(=O)C(O)CCCCCCCCCCC. The fraction of sp³-hybridized carbons (Fsp3) is 0.848. The first-order chi connectivity index (χ1) is 21.2. The van der Waals surface area contributed by atoms with E-state index in [1.54, 1.807) is 0 Å². The number of hydrogen-bond acceptors (Lipinski definition) is 10. The van der Waals surface area contributed by atoms with Gasteiger partial charge in [-0.1, -0.05) is 89.0 Å². The fourth-order valence-electron chi connectivity index (χ4n) is 5.17. The largest absolute Gasteiger partial charge is 0.394 e. The Labute approximate surface area is 264 Å². The minimum atomic E-state index is -1.66. The topological polar surface area (TPSA) is 189 Å². The van der Waals surface area contributed by atoms with Gasteiger partial charge in [-0.2, -0.15) is 0 Å². The van der Waals surface area contributed by atoms with E-state index in [-0.39, 0.29) is 12.8 Å². The Morgan fingerprint density at radius 1 is 0.818 bits per heavy atom. The number of allylic oxidation sites excluding steroid dienone is 4. The maximum Gasteiger partial charge on any atom is 0.249 e. The number of ether oxygens (including phenoxy) is 2. The van der Waals surface area contributed by atoms with Crippen LogP contribution in [0.1, 0.15) is 110 Å². The van der Waals surface area contributed by atoms with E-state index < -0.39 is 74.2 Å². The first-order valence-electron chi connectivity index (χ1n) is 16.7. The van der Waals surface area contributed by atoms with Crippen LogP contribution in [-0.4, -0.2) is 110 Å². The van der Waals surface area contributed by atoms with Crippen molar-refractivity contribution in [2.75, 3.05) is 13.2 Å². The Kier molecular flexibility index (Phi) is 22.9. The van der Waals surface area contributed by atoms with E-state index in [9.17, 15) is 40.5 Å². The molecule has 0 aliphatic carbocycles. The highest BCUT2D eigenvalue weighted by Gasteiger charge is 2.44. The molecule has 0 saturated carbocycles. The quantitative estimate of drug-likeness (QED) is 0.0549. The average Bonchev–Trinajstić information content (AvgIpc) is 3.02. The molecule has 1 fully saturated rings. The Morgan fingerprint density at radius 2 is 1.43 bits per heavy atom. The highest BCUT2D eigenvalue weighted by molar-refractivity contribution is 5.80. The normalized spacial score (nSPS) is 25.3. The van der Waals surface area contributed by atoms with E-state index in [1.807, 2.05) is 19.1 Å². The van der Waals surface area contributed by atoms with Gasteiger partial charge in [0.1, 0.15) is 36.6 Å². The summed E-state index contributed by atoms with van der Waals surface area (Å²) in [5.41, 5.74) is 0. The molecule has 0 spiro atoms. The second-order valence-corrected chi connectivity index (χ2v) is 11.9. The lowest BCUT2D eigenvalue weighted by atomic mass is 9.98. The summed E-state index contributed by atoms with van der Waals surface area (Å²) in [5, 5.41) is 74.6. The molecule has 1 saturated heterocycles. The fourth-order valence-corrected chi connectivity index (χ4v) is 5.17. The highest BCUT2D eigenvalue weighted by Crippen LogP contribution is 2.23. The van der Waals surface area contributed by atoms with Crippen LogP contribution >= 0.6 is 0 Å². The number of aliphatic hydroxyl groups excluding tert-OH is 7. The maximum absolute atomic E-state index is 12.9. The van der Waals surface area contributed by atoms with Gasteiger partial charge in [0.15, 0.2) is 6.29 Å². The van der Waals surface area contributed by atoms with Crippen LogP contribution in [0, 0.1) is 0 Å². The maximum atomic E-state index is 12.9. The summed E-state index contributed by atoms with van der Waals surface area (Å²) in [5.74, 6) is -0.720. The van der Waals surface area contributed by atoms with Crippen LogP contribution in [0.5, 0.6) is 0 Å². The number of amides is 1. The number of hydrogen-bond donors (Lipinski definition) is 8. The second-order valence-electron chi connectivity index (χ2n) is 11.9. The third-order valence-electron chi connectivity index (χ3n) is 8.08. The van der Waals surface area contributed by atoms with Gasteiger partial charge in [-0.3, -0.25) is 4.79 Å². The summed E-state index contributed by atoms with van der Waals surface area (Å²) in [7, 11) is 0. The summed E-state index contributed by atoms with van der Waals surface area (Å²) in [6.45, 7) is 3.08. The zero-order valence-corrected chi connectivity index (χ0v) is 26.9. The molecule has 8 N–H and O–H groups in total. The van der Waals surface area contributed by atoms with Crippen molar-refractivity contribution in [1.82, 2.24) is 5.32 Å². The van der Waals surface area contributed by atoms with Gasteiger partial charge in [-0.15, -0.1) is 0 Å². The van der Waals surface area contributed by atoms with Crippen molar-refractivity contribution < 1.29 is 50.0 Å². The summed E-state index contributed by atoms with van der Waals surface area (Å²) >= 11 is 0. The van der Waals surface area contributed by atoms with Gasteiger partial charge in [0.05, 0.1) is 25.4 Å². The number of unbranched alkanes of at least 4 members (excludes halogenated alkanes) is 10. The molecular formula is C33H61NO10. The first-order valence-corrected chi connectivity index (χ1v) is 16.7. The lowest BCUT2D eigenvalue weighted by molar-refractivity contribution is -0.303. The van der Waals surface area contributed by atoms with Crippen molar-refractivity contribution in [3.8, 4) is 0 Å². The van der Waals surface area contributed by atoms with E-state index in [0.29, 0.717) is 19.3 Å². The molecule has 1 amide bonds. The molecule has 11 nitrogen and oxygen atoms in total. The van der Waals surface area contributed by atoms with Gasteiger partial charge in [-0.05, 0) is 45.4 Å². The van der Waals surface area contributed by atoms with Crippen molar-refractivity contribution in [2.24, 2.45) is 0 Å². The smallest absolute Gasteiger partial charge is 0.249 e. The molecule has 258 valence electrons. The van der Waals surface area contributed by atoms with Crippen molar-refractivity contribution in [2.45, 2.75) is 165 Å². The van der Waals surface area contributed by atoms with Gasteiger partial charge >= 0.3 is 0 Å². The van der Waals surface area contributed by atoms with Gasteiger partial charge in [0.2, 0.25) is 5.91 Å². The van der Waals surface area contributed by atoms with Crippen LogP contribution in [0.4, 0.5) is 0 Å². The van der Waals surface area contributed by atoms with E-state index in [2.05, 4.69) is 24.4 Å². The minimum Gasteiger partial charge on any atom is -0.394 e.